The molecule has 1 aliphatic heterocycles. The van der Waals surface area contributed by atoms with Crippen molar-refractivity contribution in [2.45, 2.75) is 38.5 Å². The third-order valence-corrected chi connectivity index (χ3v) is 4.98. The van der Waals surface area contributed by atoms with Gasteiger partial charge in [0.25, 0.3) is 0 Å². The molecule has 1 N–H and O–H groups in total. The fourth-order valence-corrected chi connectivity index (χ4v) is 3.67. The van der Waals surface area contributed by atoms with Crippen molar-refractivity contribution < 1.29 is 13.2 Å². The van der Waals surface area contributed by atoms with E-state index >= 15 is 0 Å². The number of benzene rings is 1. The number of nitrogens with one attached hydrogen (secondary N) is 1. The van der Waals surface area contributed by atoms with Gasteiger partial charge >= 0.3 is 0 Å². The van der Waals surface area contributed by atoms with Crippen LogP contribution in [-0.2, 0) is 21.2 Å². The van der Waals surface area contributed by atoms with Crippen LogP contribution in [0, 0.1) is 5.92 Å². The molecule has 1 aliphatic rings. The zero-order valence-electron chi connectivity index (χ0n) is 12.7. The maximum Gasteiger partial charge on any atom is 0.240 e. The van der Waals surface area contributed by atoms with Crippen LogP contribution in [0.5, 0.6) is 0 Å². The van der Waals surface area contributed by atoms with Crippen molar-refractivity contribution >= 4 is 21.6 Å². The Balaban J connectivity index is 2.31. The minimum absolute atomic E-state index is 0.0959. The number of anilines is 1. The molecule has 0 saturated carbocycles. The van der Waals surface area contributed by atoms with Crippen molar-refractivity contribution in [1.82, 2.24) is 4.72 Å². The summed E-state index contributed by atoms with van der Waals surface area (Å²) in [5.74, 6) is 0.351. The van der Waals surface area contributed by atoms with Gasteiger partial charge in [-0.1, -0.05) is 13.8 Å². The molecular formula is C15H22N2O3S. The van der Waals surface area contributed by atoms with Crippen LogP contribution in [0.2, 0.25) is 0 Å². The van der Waals surface area contributed by atoms with Gasteiger partial charge in [-0.3, -0.25) is 4.79 Å². The fourth-order valence-electron chi connectivity index (χ4n) is 2.41. The molecule has 21 heavy (non-hydrogen) atoms. The first kappa shape index (κ1) is 16.0. The highest BCUT2D eigenvalue weighted by Crippen LogP contribution is 2.29. The monoisotopic (exact) mass is 310 g/mol. The molecule has 6 heteroatoms. The number of nitrogens with zero attached hydrogens (tertiary/aromatic N) is 1. The molecule has 1 aromatic rings. The number of aryl methyl sites for hydroxylation is 1. The highest BCUT2D eigenvalue weighted by molar-refractivity contribution is 7.89. The minimum atomic E-state index is -3.48. The van der Waals surface area contributed by atoms with Crippen LogP contribution >= 0.6 is 0 Å². The van der Waals surface area contributed by atoms with Crippen LogP contribution in [0.1, 0.15) is 32.8 Å². The molecule has 0 saturated heterocycles. The number of hydrogen-bond donors (Lipinski definition) is 1. The summed E-state index contributed by atoms with van der Waals surface area (Å²) in [6.45, 7) is 6.85. The van der Waals surface area contributed by atoms with E-state index in [2.05, 4.69) is 4.72 Å². The molecular weight excluding hydrogens is 288 g/mol. The van der Waals surface area contributed by atoms with Gasteiger partial charge in [0.05, 0.1) is 4.90 Å². The molecule has 0 radical (unpaired) electrons. The van der Waals surface area contributed by atoms with Gasteiger partial charge in [-0.05, 0) is 43.0 Å². The summed E-state index contributed by atoms with van der Waals surface area (Å²) in [5, 5.41) is 0. The van der Waals surface area contributed by atoms with Crippen molar-refractivity contribution in [2.24, 2.45) is 5.92 Å². The van der Waals surface area contributed by atoms with E-state index in [1.165, 1.54) is 0 Å². The number of carbonyl (C=O) groups excluding carboxylic acids is 1. The van der Waals surface area contributed by atoms with Crippen LogP contribution in [0.4, 0.5) is 5.69 Å². The molecule has 1 heterocycles. The highest BCUT2D eigenvalue weighted by atomic mass is 32.2. The Labute approximate surface area is 126 Å². The lowest BCUT2D eigenvalue weighted by Crippen LogP contribution is -2.35. The molecule has 2 rings (SSSR count). The lowest BCUT2D eigenvalue weighted by molar-refractivity contribution is -0.118. The fraction of sp³-hybridized carbons (Fsp3) is 0.533. The smallest absolute Gasteiger partial charge is 0.240 e. The topological polar surface area (TPSA) is 66.5 Å². The first-order chi connectivity index (χ1) is 9.85. The van der Waals surface area contributed by atoms with E-state index in [0.717, 1.165) is 11.3 Å². The maximum absolute atomic E-state index is 12.2. The number of fused-ring (bicyclic) bond motifs is 1. The molecule has 0 aliphatic carbocycles. The van der Waals surface area contributed by atoms with E-state index in [0.29, 0.717) is 25.9 Å². The second-order valence-corrected chi connectivity index (χ2v) is 7.44. The zero-order valence-corrected chi connectivity index (χ0v) is 13.5. The molecule has 1 aromatic carbocycles. The van der Waals surface area contributed by atoms with Gasteiger partial charge in [0.1, 0.15) is 0 Å². The molecule has 5 nitrogen and oxygen atoms in total. The van der Waals surface area contributed by atoms with E-state index < -0.39 is 10.0 Å². The van der Waals surface area contributed by atoms with Gasteiger partial charge in [-0.15, -0.1) is 0 Å². The molecule has 0 aromatic heterocycles. The SMILES string of the molecule is CCN1C(=O)CCc2cc(S(=O)(=O)NCC(C)C)ccc21. The number of hydrogen-bond acceptors (Lipinski definition) is 3. The first-order valence-electron chi connectivity index (χ1n) is 7.28. The zero-order chi connectivity index (χ0) is 15.6. The van der Waals surface area contributed by atoms with Crippen LogP contribution in [0.3, 0.4) is 0 Å². The Hall–Kier alpha value is -1.40. The molecule has 0 unspecified atom stereocenters. The second kappa shape index (κ2) is 6.15. The van der Waals surface area contributed by atoms with Gasteiger partial charge in [0.2, 0.25) is 15.9 Å². The summed E-state index contributed by atoms with van der Waals surface area (Å²) >= 11 is 0. The molecule has 0 spiro atoms. The Morgan fingerprint density at radius 2 is 2.00 bits per heavy atom. The normalized spacial score (nSPS) is 15.4. The van der Waals surface area contributed by atoms with Crippen LogP contribution < -0.4 is 9.62 Å². The minimum Gasteiger partial charge on any atom is -0.312 e. The van der Waals surface area contributed by atoms with Gasteiger partial charge in [-0.25, -0.2) is 13.1 Å². The lowest BCUT2D eigenvalue weighted by atomic mass is 10.0. The molecule has 116 valence electrons. The molecule has 0 bridgehead atoms. The van der Waals surface area contributed by atoms with Crippen molar-refractivity contribution in [3.63, 3.8) is 0 Å². The quantitative estimate of drug-likeness (QED) is 0.903. The second-order valence-electron chi connectivity index (χ2n) is 5.67. The number of carbonyl (C=O) groups is 1. The Morgan fingerprint density at radius 3 is 2.62 bits per heavy atom. The highest BCUT2D eigenvalue weighted by Gasteiger charge is 2.24. The predicted molar refractivity (Wildman–Crippen MR) is 82.8 cm³/mol. The lowest BCUT2D eigenvalue weighted by Gasteiger charge is -2.28. The number of rotatable bonds is 5. The molecule has 1 amide bonds. The van der Waals surface area contributed by atoms with Gasteiger partial charge in [0.15, 0.2) is 0 Å². The number of sulfonamides is 1. The van der Waals surface area contributed by atoms with E-state index in [1.807, 2.05) is 20.8 Å². The molecule has 0 fully saturated rings. The van der Waals surface area contributed by atoms with E-state index in [4.69, 9.17) is 0 Å². The van der Waals surface area contributed by atoms with Crippen molar-refractivity contribution in [3.05, 3.63) is 23.8 Å². The summed E-state index contributed by atoms with van der Waals surface area (Å²) < 4.78 is 27.1. The Bertz CT molecular complexity index is 638. The van der Waals surface area contributed by atoms with Crippen molar-refractivity contribution in [3.8, 4) is 0 Å². The summed E-state index contributed by atoms with van der Waals surface area (Å²) in [4.78, 5) is 13.8. The van der Waals surface area contributed by atoms with Crippen LogP contribution in [0.25, 0.3) is 0 Å². The maximum atomic E-state index is 12.2. The third kappa shape index (κ3) is 3.44. The van der Waals surface area contributed by atoms with Gasteiger partial charge in [0, 0.05) is 25.2 Å². The summed E-state index contributed by atoms with van der Waals surface area (Å²) in [7, 11) is -3.48. The largest absolute Gasteiger partial charge is 0.312 e. The third-order valence-electron chi connectivity index (χ3n) is 3.56. The average Bonchev–Trinajstić information content (AvgIpc) is 2.44. The van der Waals surface area contributed by atoms with E-state index in [-0.39, 0.29) is 16.7 Å². The number of amides is 1. The Kier molecular flexibility index (Phi) is 4.68. The van der Waals surface area contributed by atoms with E-state index in [9.17, 15) is 13.2 Å². The van der Waals surface area contributed by atoms with Crippen LogP contribution in [-0.4, -0.2) is 27.4 Å². The first-order valence-corrected chi connectivity index (χ1v) is 8.76. The van der Waals surface area contributed by atoms with Gasteiger partial charge in [-0.2, -0.15) is 0 Å². The summed E-state index contributed by atoms with van der Waals surface area (Å²) in [6, 6.07) is 5.00. The van der Waals surface area contributed by atoms with Crippen LogP contribution in [0.15, 0.2) is 23.1 Å². The molecule has 0 atom stereocenters. The summed E-state index contributed by atoms with van der Waals surface area (Å²) in [6.07, 6.45) is 1.03. The Morgan fingerprint density at radius 1 is 1.29 bits per heavy atom. The van der Waals surface area contributed by atoms with Crippen molar-refractivity contribution in [1.29, 1.82) is 0 Å². The van der Waals surface area contributed by atoms with Crippen molar-refractivity contribution in [2.75, 3.05) is 18.0 Å². The van der Waals surface area contributed by atoms with Gasteiger partial charge < -0.3 is 4.90 Å². The summed E-state index contributed by atoms with van der Waals surface area (Å²) in [5.41, 5.74) is 1.75. The standard InChI is InChI=1S/C15H22N2O3S/c1-4-17-14-7-6-13(9-12(14)5-8-15(17)18)21(19,20)16-10-11(2)3/h6-7,9,11,16H,4-5,8,10H2,1-3H3. The average molecular weight is 310 g/mol. The predicted octanol–water partition coefficient (Wildman–Crippen LogP) is 1.92. The van der Waals surface area contributed by atoms with E-state index in [1.54, 1.807) is 23.1 Å².